The summed E-state index contributed by atoms with van der Waals surface area (Å²) in [7, 11) is 0. The monoisotopic (exact) mass is 255 g/mol. The van der Waals surface area contributed by atoms with E-state index in [-0.39, 0.29) is 5.78 Å². The smallest absolute Gasteiger partial charge is 0.340 e. The zero-order valence-corrected chi connectivity index (χ0v) is 10.8. The molecule has 0 spiro atoms. The first-order valence-corrected chi connectivity index (χ1v) is 6.18. The van der Waals surface area contributed by atoms with Gasteiger partial charge >= 0.3 is 5.97 Å². The lowest BCUT2D eigenvalue weighted by atomic mass is 10.1. The van der Waals surface area contributed by atoms with Gasteiger partial charge in [0.1, 0.15) is 5.69 Å². The number of ketones is 1. The molecule has 4 heteroatoms. The van der Waals surface area contributed by atoms with E-state index in [1.165, 1.54) is 0 Å². The maximum atomic E-state index is 12.4. The Morgan fingerprint density at radius 1 is 1.32 bits per heavy atom. The minimum Gasteiger partial charge on any atom is -0.462 e. The number of hydrogen-bond donors (Lipinski definition) is 0. The molecular weight excluding hydrogens is 242 g/mol. The van der Waals surface area contributed by atoms with Gasteiger partial charge in [0.2, 0.25) is 5.78 Å². The number of rotatable bonds is 2. The number of aromatic nitrogens is 1. The molecule has 0 radical (unpaired) electrons. The number of carbonyl (C=O) groups is 2. The number of nitrogens with zero attached hydrogens (tertiary/aromatic N) is 1. The summed E-state index contributed by atoms with van der Waals surface area (Å²) < 4.78 is 6.83. The van der Waals surface area contributed by atoms with Crippen molar-refractivity contribution < 1.29 is 14.3 Å². The molecule has 0 bridgehead atoms. The van der Waals surface area contributed by atoms with Gasteiger partial charge in [-0.15, -0.1) is 0 Å². The third kappa shape index (κ3) is 1.53. The topological polar surface area (TPSA) is 48.3 Å². The zero-order chi connectivity index (χ0) is 13.6. The maximum absolute atomic E-state index is 12.4. The van der Waals surface area contributed by atoms with Crippen molar-refractivity contribution in [3.8, 4) is 5.69 Å². The Labute approximate surface area is 110 Å². The largest absolute Gasteiger partial charge is 0.462 e. The average molecular weight is 255 g/mol. The highest BCUT2D eigenvalue weighted by Crippen LogP contribution is 2.33. The van der Waals surface area contributed by atoms with Gasteiger partial charge in [-0.3, -0.25) is 4.79 Å². The lowest BCUT2D eigenvalue weighted by Gasteiger charge is -2.02. The van der Waals surface area contributed by atoms with E-state index in [9.17, 15) is 9.59 Å². The quantitative estimate of drug-likeness (QED) is 0.661. The van der Waals surface area contributed by atoms with Crippen molar-refractivity contribution in [1.29, 1.82) is 0 Å². The molecule has 0 N–H and O–H groups in total. The zero-order valence-electron chi connectivity index (χ0n) is 10.8. The molecule has 1 aromatic heterocycles. The van der Waals surface area contributed by atoms with Crippen molar-refractivity contribution in [1.82, 2.24) is 4.57 Å². The summed E-state index contributed by atoms with van der Waals surface area (Å²) in [6, 6.07) is 9.07. The van der Waals surface area contributed by atoms with E-state index >= 15 is 0 Å². The number of fused-ring (bicyclic) bond motifs is 3. The van der Waals surface area contributed by atoms with Crippen LogP contribution in [0, 0.1) is 6.92 Å². The fourth-order valence-corrected chi connectivity index (χ4v) is 2.53. The molecule has 0 saturated carbocycles. The third-order valence-corrected chi connectivity index (χ3v) is 3.28. The molecule has 0 amide bonds. The van der Waals surface area contributed by atoms with Gasteiger partial charge in [-0.05, 0) is 32.0 Å². The summed E-state index contributed by atoms with van der Waals surface area (Å²) in [5.74, 6) is -0.563. The molecule has 4 nitrogen and oxygen atoms in total. The Kier molecular flexibility index (Phi) is 2.52. The minimum absolute atomic E-state index is 0.119. The molecule has 0 saturated heterocycles. The first-order chi connectivity index (χ1) is 9.15. The number of benzene rings is 1. The Bertz CT molecular complexity index is 697. The van der Waals surface area contributed by atoms with Crippen molar-refractivity contribution in [3.63, 3.8) is 0 Å². The first kappa shape index (κ1) is 11.7. The van der Waals surface area contributed by atoms with Crippen LogP contribution < -0.4 is 0 Å². The fourth-order valence-electron chi connectivity index (χ4n) is 2.53. The first-order valence-electron chi connectivity index (χ1n) is 6.18. The second kappa shape index (κ2) is 4.09. The fraction of sp³-hybridized carbons (Fsp3) is 0.200. The highest BCUT2D eigenvalue weighted by atomic mass is 16.5. The van der Waals surface area contributed by atoms with Crippen LogP contribution >= 0.6 is 0 Å². The van der Waals surface area contributed by atoms with Crippen LogP contribution in [0.1, 0.15) is 39.0 Å². The molecule has 0 atom stereocenters. The summed E-state index contributed by atoms with van der Waals surface area (Å²) >= 11 is 0. The van der Waals surface area contributed by atoms with Crippen LogP contribution in [0.15, 0.2) is 30.3 Å². The van der Waals surface area contributed by atoms with Gasteiger partial charge in [0.25, 0.3) is 0 Å². The molecule has 96 valence electrons. The molecule has 19 heavy (non-hydrogen) atoms. The van der Waals surface area contributed by atoms with Gasteiger partial charge in [-0.25, -0.2) is 4.79 Å². The summed E-state index contributed by atoms with van der Waals surface area (Å²) in [6.07, 6.45) is 0. The molecule has 2 heterocycles. The molecule has 3 rings (SSSR count). The number of esters is 1. The molecule has 0 unspecified atom stereocenters. The van der Waals surface area contributed by atoms with Crippen molar-refractivity contribution in [2.75, 3.05) is 6.61 Å². The number of para-hydroxylation sites is 1. The Morgan fingerprint density at radius 2 is 2.05 bits per heavy atom. The van der Waals surface area contributed by atoms with E-state index in [0.29, 0.717) is 23.4 Å². The number of hydrogen-bond acceptors (Lipinski definition) is 3. The van der Waals surface area contributed by atoms with E-state index < -0.39 is 5.97 Å². The normalized spacial score (nSPS) is 12.2. The SMILES string of the molecule is CCOC(=O)c1cc(C)n2c1C(=O)c1ccccc1-2. The minimum atomic E-state index is -0.444. The highest BCUT2D eigenvalue weighted by Gasteiger charge is 2.33. The van der Waals surface area contributed by atoms with Gasteiger partial charge in [-0.1, -0.05) is 12.1 Å². The predicted molar refractivity (Wildman–Crippen MR) is 69.9 cm³/mol. The van der Waals surface area contributed by atoms with Gasteiger partial charge < -0.3 is 9.30 Å². The van der Waals surface area contributed by atoms with Crippen LogP contribution in [0.25, 0.3) is 5.69 Å². The average Bonchev–Trinajstić information content (AvgIpc) is 2.89. The molecule has 0 aliphatic carbocycles. The van der Waals surface area contributed by atoms with Crippen molar-refractivity contribution in [3.05, 3.63) is 52.8 Å². The van der Waals surface area contributed by atoms with Gasteiger partial charge in [0.05, 0.1) is 17.9 Å². The van der Waals surface area contributed by atoms with Crippen LogP contribution in [0.3, 0.4) is 0 Å². The number of aryl methyl sites for hydroxylation is 1. The Hall–Kier alpha value is -2.36. The van der Waals surface area contributed by atoms with E-state index in [1.807, 2.05) is 29.7 Å². The lowest BCUT2D eigenvalue weighted by molar-refractivity contribution is 0.0523. The van der Waals surface area contributed by atoms with Crippen LogP contribution in [-0.4, -0.2) is 22.9 Å². The van der Waals surface area contributed by atoms with Crippen molar-refractivity contribution in [2.45, 2.75) is 13.8 Å². The standard InChI is InChI=1S/C15H13NO3/c1-3-19-15(18)11-8-9(2)16-12-7-5-4-6-10(12)14(17)13(11)16/h4-8H,3H2,1-2H3. The summed E-state index contributed by atoms with van der Waals surface area (Å²) in [5.41, 5.74) is 3.08. The Balaban J connectivity index is 2.23. The van der Waals surface area contributed by atoms with Gasteiger partial charge in [0.15, 0.2) is 0 Å². The number of ether oxygens (including phenoxy) is 1. The van der Waals surface area contributed by atoms with E-state index in [0.717, 1.165) is 11.4 Å². The second-order valence-corrected chi connectivity index (χ2v) is 4.45. The maximum Gasteiger partial charge on any atom is 0.340 e. The van der Waals surface area contributed by atoms with Gasteiger partial charge in [-0.2, -0.15) is 0 Å². The predicted octanol–water partition coefficient (Wildman–Crippen LogP) is 2.51. The number of carbonyl (C=O) groups excluding carboxylic acids is 2. The van der Waals surface area contributed by atoms with Gasteiger partial charge in [0, 0.05) is 11.3 Å². The molecule has 1 aliphatic rings. The van der Waals surface area contributed by atoms with E-state index in [1.54, 1.807) is 19.1 Å². The van der Waals surface area contributed by atoms with Crippen LogP contribution in [0.2, 0.25) is 0 Å². The summed E-state index contributed by atoms with van der Waals surface area (Å²) in [4.78, 5) is 24.3. The van der Waals surface area contributed by atoms with Crippen molar-refractivity contribution >= 4 is 11.8 Å². The highest BCUT2D eigenvalue weighted by molar-refractivity contribution is 6.18. The van der Waals surface area contributed by atoms with E-state index in [4.69, 9.17) is 4.74 Å². The molecule has 0 fully saturated rings. The van der Waals surface area contributed by atoms with Crippen LogP contribution in [0.4, 0.5) is 0 Å². The van der Waals surface area contributed by atoms with Crippen molar-refractivity contribution in [2.24, 2.45) is 0 Å². The Morgan fingerprint density at radius 3 is 2.79 bits per heavy atom. The summed E-state index contributed by atoms with van der Waals surface area (Å²) in [6.45, 7) is 3.92. The molecule has 1 aromatic carbocycles. The summed E-state index contributed by atoms with van der Waals surface area (Å²) in [5, 5.41) is 0. The molecule has 1 aliphatic heterocycles. The lowest BCUT2D eigenvalue weighted by Crippen LogP contribution is -2.09. The van der Waals surface area contributed by atoms with Crippen LogP contribution in [0.5, 0.6) is 0 Å². The second-order valence-electron chi connectivity index (χ2n) is 4.45. The van der Waals surface area contributed by atoms with E-state index in [2.05, 4.69) is 0 Å². The molecular formula is C15H13NO3. The molecule has 2 aromatic rings. The third-order valence-electron chi connectivity index (χ3n) is 3.28. The van der Waals surface area contributed by atoms with Crippen LogP contribution in [-0.2, 0) is 4.74 Å².